The number of carbonyl (C=O) groups is 7. The lowest BCUT2D eigenvalue weighted by atomic mass is 9.82. The normalized spacial score (nSPS) is 20.2. The van der Waals surface area contributed by atoms with Crippen molar-refractivity contribution in [2.75, 3.05) is 168 Å². The molecule has 6 aromatic heterocycles. The van der Waals surface area contributed by atoms with Crippen molar-refractivity contribution in [2.45, 2.75) is 239 Å². The van der Waals surface area contributed by atoms with Crippen LogP contribution in [0.4, 0.5) is 57.4 Å². The third-order valence-electron chi connectivity index (χ3n) is 23.5. The van der Waals surface area contributed by atoms with Crippen molar-refractivity contribution >= 4 is 59.2 Å². The highest BCUT2D eigenvalue weighted by Gasteiger charge is 2.45. The quantitative estimate of drug-likeness (QED) is 0.0115. The fourth-order valence-corrected chi connectivity index (χ4v) is 15.3. The summed E-state index contributed by atoms with van der Waals surface area (Å²) in [5, 5.41) is 136. The molecule has 0 aromatic carbocycles. The fourth-order valence-electron chi connectivity index (χ4n) is 15.3. The third kappa shape index (κ3) is 41.2. The maximum atomic E-state index is 14.2. The lowest BCUT2D eigenvalue weighted by Crippen LogP contribution is -2.56. The lowest BCUT2D eigenvalue weighted by Gasteiger charge is -2.37. The minimum absolute atomic E-state index is 0.0288. The molecule has 3 fully saturated rings. The molecule has 10 rings (SSSR count). The van der Waals surface area contributed by atoms with E-state index in [0.29, 0.717) is 37.5 Å². The number of ether oxygens (including phenoxy) is 12. The van der Waals surface area contributed by atoms with Crippen LogP contribution in [0.1, 0.15) is 137 Å². The van der Waals surface area contributed by atoms with E-state index in [-0.39, 0.29) is 246 Å². The summed E-state index contributed by atoms with van der Waals surface area (Å²) < 4.78 is 196. The molecule has 0 saturated carbocycles. The summed E-state index contributed by atoms with van der Waals surface area (Å²) in [4.78, 5) is 115. The van der Waals surface area contributed by atoms with Crippen LogP contribution in [0, 0.1) is 0 Å². The van der Waals surface area contributed by atoms with E-state index < -0.39 is 205 Å². The van der Waals surface area contributed by atoms with E-state index >= 15 is 0 Å². The van der Waals surface area contributed by atoms with Crippen LogP contribution in [0.5, 0.6) is 17.6 Å². The maximum Gasteiger partial charge on any atom is 0.433 e. The van der Waals surface area contributed by atoms with Gasteiger partial charge in [0.1, 0.15) is 91.8 Å². The predicted octanol–water partition coefficient (Wildman–Crippen LogP) is -1.71. The predicted molar refractivity (Wildman–Crippen MR) is 490 cm³/mol. The Morgan fingerprint density at radius 1 is 0.362 bits per heavy atom. The highest BCUT2D eigenvalue weighted by Crippen LogP contribution is 2.36. The van der Waals surface area contributed by atoms with E-state index in [9.17, 15) is 119 Å². The van der Waals surface area contributed by atoms with E-state index in [2.05, 4.69) is 103 Å². The van der Waals surface area contributed by atoms with E-state index in [1.165, 1.54) is 44.8 Å². The Balaban J connectivity index is 0.684. The molecule has 0 aliphatic carbocycles. The van der Waals surface area contributed by atoms with Gasteiger partial charge in [0.15, 0.2) is 17.1 Å². The van der Waals surface area contributed by atoms with Gasteiger partial charge in [-0.3, -0.25) is 38.5 Å². The van der Waals surface area contributed by atoms with Gasteiger partial charge in [-0.25, -0.2) is 29.0 Å². The zero-order chi connectivity index (χ0) is 107. The summed E-state index contributed by atoms with van der Waals surface area (Å²) in [5.41, 5.74) is -4.89. The average Bonchev–Trinajstić information content (AvgIpc) is 1.43. The summed E-state index contributed by atoms with van der Waals surface area (Å²) >= 11 is 0. The van der Waals surface area contributed by atoms with Gasteiger partial charge < -0.3 is 145 Å². The number of hydrogen-bond donors (Lipinski definition) is 17. The number of aromatic nitrogens is 15. The standard InChI is InChI=1S/C88H127F9N24O28/c89-86(90,91)63-39-71(108-82(105-63)102-57-51-144-60(45-122)79(135)76(57)132)147-48-54-42-118(115-112-54)24-30-141-36-33-138-27-20-99-67(126)13-16-85(111-70(129)10-8-6-4-2-1-3-5-7-9-66(125)98-19-23-121-74(130)11-12-75(121)131,17-14-68(127)100-21-28-139-34-37-142-31-25-119-43-55(113-116-119)49-148-72-40-64(87(92,93)94)106-83(109-72)103-58-52-145-61(46-123)80(136)77(58)133)18-15-69(128)101-22-29-140-35-38-143-32-26-120-44-56(114-117-120)50-149-73-41-65(88(95,96)97)107-84(110-73)104-59-53-146-62(47-124)81(137)78(59)134/h11-12,39-44,57-62,76-81,122-124,132-137H,1-10,13-38,45-53H2,(H,98,125)(H,99,126)(H,100,127)(H,101,128)(H,111,129)(H,102,105,108)(H,103,106,109)(H,104,107,110)/t57-,58-,59-,60+,61+,62+,76+,77+,78+,79-,80-,81-/m0/s1. The van der Waals surface area contributed by atoms with Crippen molar-refractivity contribution in [1.82, 2.24) is 106 Å². The highest BCUT2D eigenvalue weighted by molar-refractivity contribution is 6.12. The Morgan fingerprint density at radius 3 is 0.960 bits per heavy atom. The number of anilines is 3. The van der Waals surface area contributed by atoms with E-state index in [0.717, 1.165) is 37.0 Å². The molecule has 149 heavy (non-hydrogen) atoms. The van der Waals surface area contributed by atoms with Crippen LogP contribution in [-0.2, 0) is 134 Å². The SMILES string of the molecule is O=C(CCCCCCCCCCC(=O)NC(CCC(=O)NCCOCCOCCn1cc(COc2cc(C(F)(F)F)nc(N[C@H]3CO[C@H](CO)[C@H](O)[C@@H]3O)n2)nn1)(CCC(=O)NCCOCCOCCn1cc(COc2cc(C(F)(F)F)nc(N[C@H]3CO[C@H](CO)[C@H](O)[C@@H]3O)n2)nn1)CCC(=O)NCCOCCOCCn1cc(COc2cc(C(F)(F)F)nc(N[C@H]3CO[C@H](CO)[C@H](O)[C@@H]3O)n2)nn1)NCCN1C(=O)C=CC1=O. The number of rotatable bonds is 69. The Morgan fingerprint density at radius 2 is 0.651 bits per heavy atom. The number of aliphatic hydroxyl groups is 9. The van der Waals surface area contributed by atoms with E-state index in [1.54, 1.807) is 0 Å². The smallest absolute Gasteiger partial charge is 0.433 e. The van der Waals surface area contributed by atoms with Crippen LogP contribution >= 0.6 is 0 Å². The molecular weight excluding hydrogens is 2010 g/mol. The van der Waals surface area contributed by atoms with Crippen LogP contribution in [0.3, 0.4) is 0 Å². The molecule has 0 spiro atoms. The second kappa shape index (κ2) is 61.0. The molecule has 0 bridgehead atoms. The summed E-state index contributed by atoms with van der Waals surface area (Å²) in [7, 11) is 0. The molecule has 0 radical (unpaired) electrons. The molecule has 17 N–H and O–H groups in total. The topological polar surface area (TPSA) is 681 Å². The first-order chi connectivity index (χ1) is 71.4. The molecule has 10 heterocycles. The molecule has 830 valence electrons. The molecule has 12 atom stereocenters. The van der Waals surface area contributed by atoms with Crippen molar-refractivity contribution in [3.05, 3.63) is 83.1 Å². The average molecular weight is 2140 g/mol. The first-order valence-electron chi connectivity index (χ1n) is 48.3. The Hall–Kier alpha value is -11.7. The van der Waals surface area contributed by atoms with Crippen LogP contribution in [-0.4, -0.2) is 397 Å². The number of imide groups is 1. The second-order valence-corrected chi connectivity index (χ2v) is 34.8. The molecule has 52 nitrogen and oxygen atoms in total. The first kappa shape index (κ1) is 119. The van der Waals surface area contributed by atoms with Crippen LogP contribution in [0.25, 0.3) is 0 Å². The molecule has 3 saturated heterocycles. The van der Waals surface area contributed by atoms with Crippen molar-refractivity contribution in [3.63, 3.8) is 0 Å². The molecular formula is C88H127F9N24O28. The molecule has 0 unspecified atom stereocenters. The van der Waals surface area contributed by atoms with Gasteiger partial charge in [-0.05, 0) is 32.1 Å². The molecule has 4 aliphatic heterocycles. The van der Waals surface area contributed by atoms with Crippen LogP contribution in [0.2, 0.25) is 0 Å². The summed E-state index contributed by atoms with van der Waals surface area (Å²) in [6.07, 6.45) is -15.4. The molecule has 4 aliphatic rings. The largest absolute Gasteiger partial charge is 0.471 e. The number of hydrogen-bond acceptors (Lipinski definition) is 43. The van der Waals surface area contributed by atoms with Crippen molar-refractivity contribution in [2.24, 2.45) is 0 Å². The number of aliphatic hydroxyl groups excluding tert-OH is 9. The number of alkyl halides is 9. The third-order valence-corrected chi connectivity index (χ3v) is 23.5. The maximum absolute atomic E-state index is 14.2. The minimum Gasteiger partial charge on any atom is -0.471 e. The summed E-state index contributed by atoms with van der Waals surface area (Å²) in [6, 6.07) is -1.79. The molecule has 7 amide bonds. The number of unbranched alkanes of at least 4 members (excludes halogenated alkanes) is 7. The van der Waals surface area contributed by atoms with Gasteiger partial charge in [-0.2, -0.15) is 54.5 Å². The van der Waals surface area contributed by atoms with Gasteiger partial charge in [0.25, 0.3) is 11.8 Å². The second-order valence-electron chi connectivity index (χ2n) is 34.8. The Bertz CT molecular complexity index is 4710. The molecule has 6 aromatic rings. The monoisotopic (exact) mass is 2140 g/mol. The van der Waals surface area contributed by atoms with Gasteiger partial charge in [0, 0.05) is 101 Å². The number of halogens is 9. The number of carbonyl (C=O) groups excluding carboxylic acids is 7. The summed E-state index contributed by atoms with van der Waals surface area (Å²) in [6.45, 7) is -2.23. The van der Waals surface area contributed by atoms with Gasteiger partial charge in [0.2, 0.25) is 65.0 Å². The van der Waals surface area contributed by atoms with Gasteiger partial charge in [-0.1, -0.05) is 54.2 Å². The van der Waals surface area contributed by atoms with Gasteiger partial charge in [-0.15, -0.1) is 15.3 Å². The van der Waals surface area contributed by atoms with Crippen molar-refractivity contribution in [1.29, 1.82) is 0 Å². The van der Waals surface area contributed by atoms with Crippen molar-refractivity contribution in [3.8, 4) is 17.6 Å². The highest BCUT2D eigenvalue weighted by atomic mass is 19.4. The first-order valence-corrected chi connectivity index (χ1v) is 48.3. The Kier molecular flexibility index (Phi) is 48.8. The minimum atomic E-state index is -4.94. The van der Waals surface area contributed by atoms with Crippen molar-refractivity contribution < 1.29 is 176 Å². The lowest BCUT2D eigenvalue weighted by molar-refractivity contribution is -0.152. The Labute approximate surface area is 846 Å². The summed E-state index contributed by atoms with van der Waals surface area (Å²) in [5.74, 6) is -6.18. The van der Waals surface area contributed by atoms with Crippen LogP contribution < -0.4 is 56.7 Å². The zero-order valence-corrected chi connectivity index (χ0v) is 81.2. The fraction of sp³-hybridized carbons (Fsp3) is 0.693. The van der Waals surface area contributed by atoms with Gasteiger partial charge >= 0.3 is 18.5 Å². The zero-order valence-electron chi connectivity index (χ0n) is 81.2. The van der Waals surface area contributed by atoms with E-state index in [4.69, 9.17) is 56.8 Å². The number of nitrogens with one attached hydrogen (secondary N) is 8. The van der Waals surface area contributed by atoms with Crippen LogP contribution in [0.15, 0.2) is 48.9 Å². The van der Waals surface area contributed by atoms with E-state index in [1.807, 2.05) is 0 Å². The number of nitrogens with zero attached hydrogens (tertiary/aromatic N) is 16. The molecule has 61 heteroatoms. The number of amides is 7. The van der Waals surface area contributed by atoms with Gasteiger partial charge in [0.05, 0.1) is 175 Å².